The highest BCUT2D eigenvalue weighted by molar-refractivity contribution is 7.13. The van der Waals surface area contributed by atoms with Gasteiger partial charge in [0.1, 0.15) is 5.75 Å². The maximum atomic E-state index is 12.4. The average Bonchev–Trinajstić information content (AvgIpc) is 3.03. The van der Waals surface area contributed by atoms with Crippen molar-refractivity contribution in [3.05, 3.63) is 58.9 Å². The fraction of sp³-hybridized carbons (Fsp3) is 0.111. The van der Waals surface area contributed by atoms with E-state index in [4.69, 9.17) is 22.1 Å². The van der Waals surface area contributed by atoms with Crippen LogP contribution >= 0.6 is 22.9 Å². The predicted octanol–water partition coefficient (Wildman–Crippen LogP) is 4.45. The molecular weight excluding hydrogens is 358 g/mol. The number of aromatic nitrogens is 1. The first-order chi connectivity index (χ1) is 12.0. The number of amides is 1. The number of carbonyl (C=O) groups excluding carboxylic acids is 1. The molecular formula is C18H16ClN3O2S. The van der Waals surface area contributed by atoms with Crippen molar-refractivity contribution in [1.82, 2.24) is 4.98 Å². The highest BCUT2D eigenvalue weighted by Crippen LogP contribution is 2.32. The number of anilines is 2. The molecule has 0 aliphatic rings. The largest absolute Gasteiger partial charge is 0.480 e. The van der Waals surface area contributed by atoms with Gasteiger partial charge < -0.3 is 15.8 Å². The number of hydrogen-bond acceptors (Lipinski definition) is 5. The molecule has 0 saturated carbocycles. The predicted molar refractivity (Wildman–Crippen MR) is 102 cm³/mol. The van der Waals surface area contributed by atoms with E-state index in [2.05, 4.69) is 10.3 Å². The number of halogens is 1. The number of para-hydroxylation sites is 2. The van der Waals surface area contributed by atoms with Crippen molar-refractivity contribution in [1.29, 1.82) is 0 Å². The third kappa shape index (κ3) is 4.10. The maximum Gasteiger partial charge on any atom is 0.265 e. The van der Waals surface area contributed by atoms with Crippen molar-refractivity contribution >= 4 is 39.7 Å². The van der Waals surface area contributed by atoms with Crippen molar-refractivity contribution < 1.29 is 9.53 Å². The van der Waals surface area contributed by atoms with Crippen molar-refractivity contribution in [2.24, 2.45) is 0 Å². The van der Waals surface area contributed by atoms with E-state index in [0.717, 1.165) is 11.3 Å². The molecule has 0 spiro atoms. The van der Waals surface area contributed by atoms with Crippen LogP contribution in [0.5, 0.6) is 5.75 Å². The van der Waals surface area contributed by atoms with E-state index < -0.39 is 6.10 Å². The van der Waals surface area contributed by atoms with Crippen LogP contribution < -0.4 is 15.8 Å². The summed E-state index contributed by atoms with van der Waals surface area (Å²) in [5.41, 5.74) is 7.76. The maximum absolute atomic E-state index is 12.4. The Hall–Kier alpha value is -2.57. The minimum atomic E-state index is -0.714. The highest BCUT2D eigenvalue weighted by atomic mass is 35.5. The monoisotopic (exact) mass is 373 g/mol. The summed E-state index contributed by atoms with van der Waals surface area (Å²) in [7, 11) is 0. The fourth-order valence-corrected chi connectivity index (χ4v) is 2.98. The average molecular weight is 374 g/mol. The summed E-state index contributed by atoms with van der Waals surface area (Å²) in [4.78, 5) is 16.7. The van der Waals surface area contributed by atoms with Gasteiger partial charge in [0.25, 0.3) is 5.91 Å². The third-order valence-electron chi connectivity index (χ3n) is 3.49. The first-order valence-electron chi connectivity index (χ1n) is 7.57. The van der Waals surface area contributed by atoms with E-state index >= 15 is 0 Å². The SMILES string of the molecule is CC(Oc1ccccc1-c1csc(N)n1)C(=O)Nc1ccccc1Cl. The van der Waals surface area contributed by atoms with Gasteiger partial charge >= 0.3 is 0 Å². The molecule has 1 atom stereocenters. The molecule has 0 fully saturated rings. The Labute approximate surface area is 154 Å². The van der Waals surface area contributed by atoms with E-state index in [1.165, 1.54) is 11.3 Å². The van der Waals surface area contributed by atoms with Gasteiger partial charge in [-0.05, 0) is 31.2 Å². The third-order valence-corrected chi connectivity index (χ3v) is 4.49. The minimum Gasteiger partial charge on any atom is -0.480 e. The summed E-state index contributed by atoms with van der Waals surface area (Å²) in [6, 6.07) is 14.4. The Balaban J connectivity index is 1.76. The summed E-state index contributed by atoms with van der Waals surface area (Å²) in [6.07, 6.45) is -0.714. The molecule has 1 aromatic heterocycles. The molecule has 0 aliphatic heterocycles. The second-order valence-electron chi connectivity index (χ2n) is 5.30. The molecule has 1 heterocycles. The first kappa shape index (κ1) is 17.3. The van der Waals surface area contributed by atoms with Gasteiger partial charge in [0, 0.05) is 10.9 Å². The van der Waals surface area contributed by atoms with Crippen LogP contribution in [0, 0.1) is 0 Å². The number of ether oxygens (including phenoxy) is 1. The lowest BCUT2D eigenvalue weighted by Gasteiger charge is -2.17. The zero-order valence-electron chi connectivity index (χ0n) is 13.4. The number of nitrogen functional groups attached to an aromatic ring is 1. The number of thiazole rings is 1. The van der Waals surface area contributed by atoms with Crippen molar-refractivity contribution in [2.75, 3.05) is 11.1 Å². The molecule has 2 aromatic carbocycles. The van der Waals surface area contributed by atoms with Gasteiger partial charge in [-0.2, -0.15) is 0 Å². The number of carbonyl (C=O) groups is 1. The lowest BCUT2D eigenvalue weighted by molar-refractivity contribution is -0.122. The van der Waals surface area contributed by atoms with Crippen LogP contribution in [0.4, 0.5) is 10.8 Å². The normalized spacial score (nSPS) is 11.8. The molecule has 1 unspecified atom stereocenters. The molecule has 25 heavy (non-hydrogen) atoms. The van der Waals surface area contributed by atoms with Gasteiger partial charge in [-0.15, -0.1) is 11.3 Å². The van der Waals surface area contributed by atoms with E-state index in [9.17, 15) is 4.79 Å². The van der Waals surface area contributed by atoms with Crippen LogP contribution in [-0.2, 0) is 4.79 Å². The molecule has 3 N–H and O–H groups in total. The zero-order chi connectivity index (χ0) is 17.8. The molecule has 0 saturated heterocycles. The summed E-state index contributed by atoms with van der Waals surface area (Å²) in [5.74, 6) is 0.273. The molecule has 0 aliphatic carbocycles. The molecule has 3 aromatic rings. The summed E-state index contributed by atoms with van der Waals surface area (Å²) < 4.78 is 5.85. The van der Waals surface area contributed by atoms with Crippen LogP contribution in [0.15, 0.2) is 53.9 Å². The molecule has 1 amide bonds. The van der Waals surface area contributed by atoms with E-state index in [0.29, 0.717) is 21.6 Å². The van der Waals surface area contributed by atoms with Crippen molar-refractivity contribution in [2.45, 2.75) is 13.0 Å². The quantitative estimate of drug-likeness (QED) is 0.692. The van der Waals surface area contributed by atoms with Gasteiger partial charge in [-0.3, -0.25) is 4.79 Å². The number of hydrogen-bond donors (Lipinski definition) is 2. The Morgan fingerprint density at radius 3 is 2.68 bits per heavy atom. The van der Waals surface area contributed by atoms with Crippen LogP contribution in [0.2, 0.25) is 5.02 Å². The molecule has 5 nitrogen and oxygen atoms in total. The van der Waals surface area contributed by atoms with Gasteiger partial charge in [-0.1, -0.05) is 35.9 Å². The van der Waals surface area contributed by atoms with Gasteiger partial charge in [0.15, 0.2) is 11.2 Å². The molecule has 7 heteroatoms. The fourth-order valence-electron chi connectivity index (χ4n) is 2.23. The number of nitrogens with one attached hydrogen (secondary N) is 1. The second-order valence-corrected chi connectivity index (χ2v) is 6.59. The van der Waals surface area contributed by atoms with Crippen LogP contribution in [0.25, 0.3) is 11.3 Å². The number of nitrogens with zero attached hydrogens (tertiary/aromatic N) is 1. The van der Waals surface area contributed by atoms with E-state index in [-0.39, 0.29) is 5.91 Å². The van der Waals surface area contributed by atoms with Crippen molar-refractivity contribution in [3.63, 3.8) is 0 Å². The van der Waals surface area contributed by atoms with Crippen LogP contribution in [0.3, 0.4) is 0 Å². The Morgan fingerprint density at radius 2 is 1.96 bits per heavy atom. The molecule has 0 radical (unpaired) electrons. The smallest absolute Gasteiger partial charge is 0.265 e. The second kappa shape index (κ2) is 7.55. The minimum absolute atomic E-state index is 0.291. The van der Waals surface area contributed by atoms with Crippen LogP contribution in [0.1, 0.15) is 6.92 Å². The molecule has 0 bridgehead atoms. The van der Waals surface area contributed by atoms with Gasteiger partial charge in [0.2, 0.25) is 0 Å². The number of benzene rings is 2. The Morgan fingerprint density at radius 1 is 1.24 bits per heavy atom. The lowest BCUT2D eigenvalue weighted by Crippen LogP contribution is -2.30. The van der Waals surface area contributed by atoms with E-state index in [1.807, 2.05) is 23.6 Å². The summed E-state index contributed by atoms with van der Waals surface area (Å²) in [6.45, 7) is 1.68. The Bertz CT molecular complexity index is 897. The standard InChI is InChI=1S/C18H16ClN3O2S/c1-11(17(23)21-14-8-4-3-7-13(14)19)24-16-9-5-2-6-12(16)15-10-25-18(20)22-15/h2-11H,1H3,(H2,20,22)(H,21,23). The first-order valence-corrected chi connectivity index (χ1v) is 8.83. The summed E-state index contributed by atoms with van der Waals surface area (Å²) in [5, 5.41) is 5.57. The zero-order valence-corrected chi connectivity index (χ0v) is 15.0. The van der Waals surface area contributed by atoms with Crippen LogP contribution in [-0.4, -0.2) is 17.0 Å². The Kier molecular flexibility index (Phi) is 5.21. The van der Waals surface area contributed by atoms with Gasteiger partial charge in [-0.25, -0.2) is 4.98 Å². The highest BCUT2D eigenvalue weighted by Gasteiger charge is 2.18. The topological polar surface area (TPSA) is 77.2 Å². The lowest BCUT2D eigenvalue weighted by atomic mass is 10.1. The summed E-state index contributed by atoms with van der Waals surface area (Å²) >= 11 is 7.42. The van der Waals surface area contributed by atoms with Gasteiger partial charge in [0.05, 0.1) is 16.4 Å². The van der Waals surface area contributed by atoms with E-state index in [1.54, 1.807) is 37.3 Å². The number of rotatable bonds is 5. The molecule has 3 rings (SSSR count). The van der Waals surface area contributed by atoms with Crippen molar-refractivity contribution in [3.8, 4) is 17.0 Å². The number of nitrogens with two attached hydrogens (primary N) is 1. The molecule has 128 valence electrons.